The van der Waals surface area contributed by atoms with Crippen LogP contribution in [0.1, 0.15) is 77.0 Å². The van der Waals surface area contributed by atoms with Crippen molar-refractivity contribution in [2.45, 2.75) is 83.6 Å². The van der Waals surface area contributed by atoms with E-state index in [9.17, 15) is 0 Å². The van der Waals surface area contributed by atoms with Crippen LogP contribution in [0.4, 0.5) is 22.7 Å². The Morgan fingerprint density at radius 2 is 1.34 bits per heavy atom. The second-order valence-electron chi connectivity index (χ2n) is 17.0. The Morgan fingerprint density at radius 3 is 2.08 bits per heavy atom. The molecule has 6 aromatic rings. The van der Waals surface area contributed by atoms with Crippen molar-refractivity contribution >= 4 is 51.3 Å². The monoisotopic (exact) mass is 648 g/mol. The second kappa shape index (κ2) is 10.2. The van der Waals surface area contributed by atoms with Crippen LogP contribution in [-0.2, 0) is 10.8 Å². The smallest absolute Gasteiger partial charge is 0.333 e. The number of hydrogen-bond acceptors (Lipinski definition) is 2. The van der Waals surface area contributed by atoms with Crippen LogP contribution in [0.25, 0.3) is 33.0 Å². The summed E-state index contributed by atoms with van der Waals surface area (Å²) in [5.74, 6) is 0. The Hall–Kier alpha value is -4.76. The summed E-state index contributed by atoms with van der Waals surface area (Å²) >= 11 is 0. The molecule has 2 nitrogen and oxygen atoms in total. The third kappa shape index (κ3) is 3.92. The van der Waals surface area contributed by atoms with E-state index in [1.807, 2.05) is 0 Å². The molecular formula is C47H45BN2. The quantitative estimate of drug-likeness (QED) is 0.172. The molecule has 3 aliphatic heterocycles. The molecular weight excluding hydrogens is 603 g/mol. The molecule has 3 heteroatoms. The molecule has 0 radical (unpaired) electrons. The van der Waals surface area contributed by atoms with Crippen LogP contribution in [-0.4, -0.2) is 12.4 Å². The van der Waals surface area contributed by atoms with Crippen molar-refractivity contribution in [1.82, 2.24) is 0 Å². The first kappa shape index (κ1) is 30.1. The van der Waals surface area contributed by atoms with Gasteiger partial charge in [0, 0.05) is 33.7 Å². The van der Waals surface area contributed by atoms with Crippen LogP contribution in [0.2, 0.25) is 0 Å². The number of nitrogens with zero attached hydrogens (tertiary/aromatic N) is 2. The molecule has 246 valence electrons. The van der Waals surface area contributed by atoms with Gasteiger partial charge in [0.25, 0.3) is 0 Å². The molecule has 0 N–H and O–H groups in total. The molecule has 10 rings (SSSR count). The predicted octanol–water partition coefficient (Wildman–Crippen LogP) is 11.1. The van der Waals surface area contributed by atoms with Gasteiger partial charge in [-0.05, 0) is 118 Å². The molecule has 1 fully saturated rings. The van der Waals surface area contributed by atoms with Gasteiger partial charge in [0.2, 0.25) is 0 Å². The number of hydrogen-bond donors (Lipinski definition) is 0. The van der Waals surface area contributed by atoms with Gasteiger partial charge < -0.3 is 9.71 Å². The van der Waals surface area contributed by atoms with E-state index in [2.05, 4.69) is 167 Å². The van der Waals surface area contributed by atoms with Gasteiger partial charge in [0.1, 0.15) is 0 Å². The fourth-order valence-corrected chi connectivity index (χ4v) is 10.3. The molecule has 4 aliphatic rings. The molecule has 0 amide bonds. The SMILES string of the molecule is Cc1cc2c3c(c1)N1c4c(cc(C(C)(C)C)cc4C4(C)CCCCC14C)B3N(c1ccc(-c3ccccc3)cc1)c1cc3ccccc3cc1-2. The van der Waals surface area contributed by atoms with Gasteiger partial charge in [-0.2, -0.15) is 0 Å². The van der Waals surface area contributed by atoms with E-state index < -0.39 is 0 Å². The van der Waals surface area contributed by atoms with Crippen LogP contribution >= 0.6 is 0 Å². The summed E-state index contributed by atoms with van der Waals surface area (Å²) < 4.78 is 0. The third-order valence-electron chi connectivity index (χ3n) is 13.1. The molecule has 0 aromatic heterocycles. The lowest BCUT2D eigenvalue weighted by molar-refractivity contribution is 0.195. The molecule has 0 spiro atoms. The third-order valence-corrected chi connectivity index (χ3v) is 13.1. The highest BCUT2D eigenvalue weighted by atomic mass is 15.3. The summed E-state index contributed by atoms with van der Waals surface area (Å²) in [5, 5.41) is 2.58. The summed E-state index contributed by atoms with van der Waals surface area (Å²) in [6.45, 7) is 14.7. The molecule has 6 aromatic carbocycles. The highest BCUT2D eigenvalue weighted by molar-refractivity contribution is 6.93. The van der Waals surface area contributed by atoms with E-state index in [1.54, 1.807) is 5.56 Å². The highest BCUT2D eigenvalue weighted by Crippen LogP contribution is 2.62. The molecule has 1 aliphatic carbocycles. The van der Waals surface area contributed by atoms with Gasteiger partial charge in [-0.3, -0.25) is 0 Å². The first-order valence-corrected chi connectivity index (χ1v) is 18.7. The zero-order valence-electron chi connectivity index (χ0n) is 30.3. The van der Waals surface area contributed by atoms with Gasteiger partial charge in [-0.1, -0.05) is 125 Å². The molecule has 2 atom stereocenters. The zero-order chi connectivity index (χ0) is 34.2. The van der Waals surface area contributed by atoms with Gasteiger partial charge in [0.05, 0.1) is 5.54 Å². The summed E-state index contributed by atoms with van der Waals surface area (Å²) in [6, 6.07) is 44.2. The van der Waals surface area contributed by atoms with E-state index in [0.29, 0.717) is 0 Å². The van der Waals surface area contributed by atoms with Crippen LogP contribution in [0.3, 0.4) is 0 Å². The van der Waals surface area contributed by atoms with Crippen molar-refractivity contribution < 1.29 is 0 Å². The van der Waals surface area contributed by atoms with Crippen molar-refractivity contribution in [3.8, 4) is 22.3 Å². The minimum atomic E-state index is 0.0111. The summed E-state index contributed by atoms with van der Waals surface area (Å²) in [7, 11) is 0. The fourth-order valence-electron chi connectivity index (χ4n) is 10.3. The second-order valence-corrected chi connectivity index (χ2v) is 17.0. The largest absolute Gasteiger partial charge is 0.376 e. The normalized spacial score (nSPS) is 21.5. The van der Waals surface area contributed by atoms with Crippen LogP contribution < -0.4 is 20.6 Å². The highest BCUT2D eigenvalue weighted by Gasteiger charge is 2.62. The standard InChI is InChI=1S/C47H45BN2/c1-30-24-38-37-26-33-16-10-11-17-34(33)27-41(37)50(36-20-18-32(19-21-36)31-14-8-7-9-15-31)48-40-29-35(45(2,3)4)28-39-44(40)49(42(25-30)43(38)48)47(6)23-13-12-22-46(39,47)5/h7-11,14-21,24-29H,12-13,22-23H2,1-6H3. The topological polar surface area (TPSA) is 6.48 Å². The van der Waals surface area contributed by atoms with Gasteiger partial charge in [-0.25, -0.2) is 0 Å². The lowest BCUT2D eigenvalue weighted by atomic mass is 9.43. The Morgan fingerprint density at radius 1 is 0.660 bits per heavy atom. The maximum absolute atomic E-state index is 2.86. The molecule has 0 saturated heterocycles. The molecule has 1 saturated carbocycles. The van der Waals surface area contributed by atoms with E-state index in [-0.39, 0.29) is 23.2 Å². The minimum absolute atomic E-state index is 0.0111. The van der Waals surface area contributed by atoms with Crippen molar-refractivity contribution in [1.29, 1.82) is 0 Å². The first-order chi connectivity index (χ1) is 24.1. The Kier molecular flexibility index (Phi) is 6.12. The van der Waals surface area contributed by atoms with Crippen LogP contribution in [0, 0.1) is 6.92 Å². The van der Waals surface area contributed by atoms with Crippen molar-refractivity contribution in [3.05, 3.63) is 132 Å². The van der Waals surface area contributed by atoms with E-state index in [0.717, 1.165) is 0 Å². The molecule has 50 heavy (non-hydrogen) atoms. The van der Waals surface area contributed by atoms with Crippen molar-refractivity contribution in [2.24, 2.45) is 0 Å². The lowest BCUT2D eigenvalue weighted by Crippen LogP contribution is -2.64. The predicted molar refractivity (Wildman–Crippen MR) is 215 cm³/mol. The van der Waals surface area contributed by atoms with E-state index >= 15 is 0 Å². The van der Waals surface area contributed by atoms with Crippen molar-refractivity contribution in [3.63, 3.8) is 0 Å². The molecule has 0 bridgehead atoms. The average Bonchev–Trinajstić information content (AvgIpc) is 3.33. The Balaban J connectivity index is 1.32. The van der Waals surface area contributed by atoms with E-state index in [4.69, 9.17) is 0 Å². The summed E-state index contributed by atoms with van der Waals surface area (Å²) in [4.78, 5) is 5.55. The molecule has 2 unspecified atom stereocenters. The lowest BCUT2D eigenvalue weighted by Gasteiger charge is -2.53. The number of rotatable bonds is 2. The minimum Gasteiger partial charge on any atom is -0.376 e. The fraction of sp³-hybridized carbons (Fsp3) is 0.277. The zero-order valence-corrected chi connectivity index (χ0v) is 30.3. The molecule has 3 heterocycles. The summed E-state index contributed by atoms with van der Waals surface area (Å²) in [5.41, 5.74) is 18.0. The number of benzene rings is 6. The first-order valence-electron chi connectivity index (χ1n) is 18.7. The summed E-state index contributed by atoms with van der Waals surface area (Å²) in [6.07, 6.45) is 5.02. The number of aryl methyl sites for hydroxylation is 1. The van der Waals surface area contributed by atoms with E-state index in [1.165, 1.54) is 104 Å². The van der Waals surface area contributed by atoms with Crippen molar-refractivity contribution in [2.75, 3.05) is 9.71 Å². The Labute approximate surface area is 297 Å². The average molecular weight is 649 g/mol. The number of fused-ring (bicyclic) bond motifs is 8. The van der Waals surface area contributed by atoms with Gasteiger partial charge in [-0.15, -0.1) is 0 Å². The maximum atomic E-state index is 2.86. The van der Waals surface area contributed by atoms with Gasteiger partial charge >= 0.3 is 6.85 Å². The number of anilines is 4. The van der Waals surface area contributed by atoms with Crippen LogP contribution in [0.15, 0.2) is 115 Å². The van der Waals surface area contributed by atoms with Crippen LogP contribution in [0.5, 0.6) is 0 Å². The van der Waals surface area contributed by atoms with Gasteiger partial charge in [0.15, 0.2) is 0 Å². The Bertz CT molecular complexity index is 2370. The maximum Gasteiger partial charge on any atom is 0.333 e.